The van der Waals surface area contributed by atoms with Gasteiger partial charge in [-0.15, -0.1) is 0 Å². The molecule has 0 unspecified atom stereocenters. The van der Waals surface area contributed by atoms with Crippen LogP contribution in [0.4, 0.5) is 14.5 Å². The summed E-state index contributed by atoms with van der Waals surface area (Å²) in [6.07, 6.45) is 0. The Hall–Kier alpha value is -2.43. The van der Waals surface area contributed by atoms with Crippen LogP contribution < -0.4 is 9.64 Å². The second kappa shape index (κ2) is 5.69. The van der Waals surface area contributed by atoms with E-state index in [1.54, 1.807) is 24.3 Å². The molecule has 0 fully saturated rings. The van der Waals surface area contributed by atoms with Crippen molar-refractivity contribution in [1.82, 2.24) is 0 Å². The molecule has 0 aliphatic heterocycles. The molecule has 2 aromatic carbocycles. The number of hydrogen-bond donors (Lipinski definition) is 0. The average molecular weight is 277 g/mol. The number of amides is 1. The molecule has 2 aromatic rings. The largest absolute Gasteiger partial charge is 0.497 e. The summed E-state index contributed by atoms with van der Waals surface area (Å²) < 4.78 is 31.8. The molecule has 0 bridgehead atoms. The Morgan fingerprint density at radius 2 is 1.90 bits per heavy atom. The van der Waals surface area contributed by atoms with Gasteiger partial charge in [0.2, 0.25) is 0 Å². The summed E-state index contributed by atoms with van der Waals surface area (Å²) in [5.41, 5.74) is 0.216. The molecule has 0 aliphatic rings. The lowest BCUT2D eigenvalue weighted by Gasteiger charge is -2.18. The Kier molecular flexibility index (Phi) is 3.98. The van der Waals surface area contributed by atoms with E-state index in [1.165, 1.54) is 19.1 Å². The molecule has 0 spiro atoms. The van der Waals surface area contributed by atoms with Gasteiger partial charge in [0.25, 0.3) is 5.91 Å². The van der Waals surface area contributed by atoms with Crippen molar-refractivity contribution in [3.05, 3.63) is 59.7 Å². The third-order valence-electron chi connectivity index (χ3n) is 2.90. The predicted octanol–water partition coefficient (Wildman–Crippen LogP) is 3.25. The van der Waals surface area contributed by atoms with E-state index in [0.717, 1.165) is 18.2 Å². The van der Waals surface area contributed by atoms with Crippen molar-refractivity contribution < 1.29 is 18.3 Å². The Labute approximate surface area is 115 Å². The monoisotopic (exact) mass is 277 g/mol. The Balaban J connectivity index is 2.34. The van der Waals surface area contributed by atoms with E-state index in [9.17, 15) is 13.6 Å². The van der Waals surface area contributed by atoms with Gasteiger partial charge in [-0.05, 0) is 30.3 Å². The summed E-state index contributed by atoms with van der Waals surface area (Å²) in [4.78, 5) is 13.4. The number of halogens is 2. The zero-order valence-electron chi connectivity index (χ0n) is 11.1. The maximum absolute atomic E-state index is 13.6. The van der Waals surface area contributed by atoms with Gasteiger partial charge in [0.05, 0.1) is 12.7 Å². The van der Waals surface area contributed by atoms with Crippen molar-refractivity contribution in [2.45, 2.75) is 0 Å². The first-order valence-corrected chi connectivity index (χ1v) is 5.90. The molecule has 2 rings (SSSR count). The number of nitrogens with zero attached hydrogens (tertiary/aromatic N) is 1. The molecular weight excluding hydrogens is 264 g/mol. The van der Waals surface area contributed by atoms with E-state index in [-0.39, 0.29) is 5.56 Å². The van der Waals surface area contributed by atoms with E-state index in [2.05, 4.69) is 0 Å². The Bertz CT molecular complexity index is 644. The lowest BCUT2D eigenvalue weighted by molar-refractivity contribution is 0.0988. The van der Waals surface area contributed by atoms with E-state index >= 15 is 0 Å². The van der Waals surface area contributed by atoms with Crippen LogP contribution in [0.5, 0.6) is 5.75 Å². The van der Waals surface area contributed by atoms with Gasteiger partial charge >= 0.3 is 0 Å². The zero-order valence-corrected chi connectivity index (χ0v) is 11.1. The fourth-order valence-electron chi connectivity index (χ4n) is 1.78. The number of rotatable bonds is 3. The van der Waals surface area contributed by atoms with Crippen LogP contribution in [-0.2, 0) is 0 Å². The topological polar surface area (TPSA) is 29.5 Å². The van der Waals surface area contributed by atoms with Crippen LogP contribution in [0.2, 0.25) is 0 Å². The van der Waals surface area contributed by atoms with Crippen molar-refractivity contribution in [2.24, 2.45) is 0 Å². The van der Waals surface area contributed by atoms with Gasteiger partial charge < -0.3 is 9.64 Å². The minimum Gasteiger partial charge on any atom is -0.497 e. The predicted molar refractivity (Wildman–Crippen MR) is 72.1 cm³/mol. The highest BCUT2D eigenvalue weighted by molar-refractivity contribution is 6.06. The first-order chi connectivity index (χ1) is 9.52. The highest BCUT2D eigenvalue weighted by Crippen LogP contribution is 2.22. The highest BCUT2D eigenvalue weighted by atomic mass is 19.1. The fourth-order valence-corrected chi connectivity index (χ4v) is 1.78. The van der Waals surface area contributed by atoms with E-state index < -0.39 is 17.5 Å². The van der Waals surface area contributed by atoms with Crippen molar-refractivity contribution in [3.63, 3.8) is 0 Å². The maximum Gasteiger partial charge on any atom is 0.261 e. The van der Waals surface area contributed by atoms with E-state index in [4.69, 9.17) is 4.74 Å². The van der Waals surface area contributed by atoms with Gasteiger partial charge in [0.1, 0.15) is 17.4 Å². The first kappa shape index (κ1) is 14.0. The van der Waals surface area contributed by atoms with Crippen molar-refractivity contribution in [3.8, 4) is 5.75 Å². The molecule has 0 radical (unpaired) electrons. The van der Waals surface area contributed by atoms with Crippen molar-refractivity contribution in [2.75, 3.05) is 19.1 Å². The first-order valence-electron chi connectivity index (χ1n) is 5.90. The fraction of sp³-hybridized carbons (Fsp3) is 0.133. The number of hydrogen-bond acceptors (Lipinski definition) is 2. The second-order valence-corrected chi connectivity index (χ2v) is 4.19. The quantitative estimate of drug-likeness (QED) is 0.862. The van der Waals surface area contributed by atoms with Crippen LogP contribution in [0, 0.1) is 11.6 Å². The van der Waals surface area contributed by atoms with Crippen LogP contribution in [0.15, 0.2) is 42.5 Å². The smallest absolute Gasteiger partial charge is 0.261 e. The average Bonchev–Trinajstić information content (AvgIpc) is 2.48. The van der Waals surface area contributed by atoms with Gasteiger partial charge in [0, 0.05) is 18.8 Å². The van der Waals surface area contributed by atoms with Gasteiger partial charge in [0.15, 0.2) is 0 Å². The van der Waals surface area contributed by atoms with Gasteiger partial charge in [-0.2, -0.15) is 0 Å². The summed E-state index contributed by atoms with van der Waals surface area (Å²) in [6.45, 7) is 0. The zero-order chi connectivity index (χ0) is 14.7. The molecule has 5 heteroatoms. The van der Waals surface area contributed by atoms with Gasteiger partial charge in [-0.3, -0.25) is 4.79 Å². The SMILES string of the molecule is COc1cccc(N(C)C(=O)c2cc(F)ccc2F)c1. The third kappa shape index (κ3) is 2.77. The number of ether oxygens (including phenoxy) is 1. The lowest BCUT2D eigenvalue weighted by atomic mass is 10.1. The minimum absolute atomic E-state index is 0.310. The molecule has 0 saturated heterocycles. The molecule has 0 heterocycles. The summed E-state index contributed by atoms with van der Waals surface area (Å²) >= 11 is 0. The number of benzene rings is 2. The highest BCUT2D eigenvalue weighted by Gasteiger charge is 2.18. The van der Waals surface area contributed by atoms with Crippen LogP contribution >= 0.6 is 0 Å². The molecular formula is C15H13F2NO2. The molecule has 0 atom stereocenters. The van der Waals surface area contributed by atoms with Gasteiger partial charge in [-0.1, -0.05) is 6.07 Å². The lowest BCUT2D eigenvalue weighted by Crippen LogP contribution is -2.27. The van der Waals surface area contributed by atoms with Crippen LogP contribution in [-0.4, -0.2) is 20.1 Å². The molecule has 3 nitrogen and oxygen atoms in total. The minimum atomic E-state index is -0.758. The summed E-state index contributed by atoms with van der Waals surface area (Å²) in [5.74, 6) is -1.47. The normalized spacial score (nSPS) is 10.2. The van der Waals surface area contributed by atoms with Crippen LogP contribution in [0.3, 0.4) is 0 Å². The number of carbonyl (C=O) groups is 1. The number of anilines is 1. The molecule has 104 valence electrons. The van der Waals surface area contributed by atoms with Crippen LogP contribution in [0.1, 0.15) is 10.4 Å². The Morgan fingerprint density at radius 3 is 2.60 bits per heavy atom. The molecule has 0 saturated carbocycles. The van der Waals surface area contributed by atoms with E-state index in [1.807, 2.05) is 0 Å². The maximum atomic E-state index is 13.6. The second-order valence-electron chi connectivity index (χ2n) is 4.19. The van der Waals surface area contributed by atoms with Crippen LogP contribution in [0.25, 0.3) is 0 Å². The third-order valence-corrected chi connectivity index (χ3v) is 2.90. The summed E-state index contributed by atoms with van der Waals surface area (Å²) in [7, 11) is 2.99. The molecule has 20 heavy (non-hydrogen) atoms. The van der Waals surface area contributed by atoms with Crippen molar-refractivity contribution >= 4 is 11.6 Å². The molecule has 0 aliphatic carbocycles. The van der Waals surface area contributed by atoms with Crippen molar-refractivity contribution in [1.29, 1.82) is 0 Å². The van der Waals surface area contributed by atoms with E-state index in [0.29, 0.717) is 11.4 Å². The molecule has 0 aromatic heterocycles. The molecule has 0 N–H and O–H groups in total. The summed E-state index contributed by atoms with van der Waals surface area (Å²) in [6, 6.07) is 9.53. The Morgan fingerprint density at radius 1 is 1.15 bits per heavy atom. The number of methoxy groups -OCH3 is 1. The number of carbonyl (C=O) groups excluding carboxylic acids is 1. The molecule has 1 amide bonds. The van der Waals surface area contributed by atoms with Gasteiger partial charge in [-0.25, -0.2) is 8.78 Å². The standard InChI is InChI=1S/C15H13F2NO2/c1-18(11-4-3-5-12(9-11)20-2)15(19)13-8-10(16)6-7-14(13)17/h3-9H,1-2H3. The summed E-state index contributed by atoms with van der Waals surface area (Å²) in [5, 5.41) is 0.